The standard InChI is InChI=1S/C30H32F4N2O/c1-20(2)36(29(37)23-11-7-21(3)8-12-23)18-25-17-35(19-28(25)24-5-4-6-27(31)15-24)16-22-9-13-26(14-10-22)30(32,33)34/h4-15,20,25,28H,16-19H2,1-3H3/t25-,28-/m0/s1. The minimum Gasteiger partial charge on any atom is -0.336 e. The van der Waals surface area contributed by atoms with Crippen LogP contribution in [0, 0.1) is 18.7 Å². The molecular weight excluding hydrogens is 480 g/mol. The predicted molar refractivity (Wildman–Crippen MR) is 137 cm³/mol. The molecule has 1 fully saturated rings. The first kappa shape index (κ1) is 26.9. The van der Waals surface area contributed by atoms with Crippen molar-refractivity contribution in [2.75, 3.05) is 19.6 Å². The molecule has 2 atom stereocenters. The summed E-state index contributed by atoms with van der Waals surface area (Å²) < 4.78 is 53.0. The molecule has 1 saturated heterocycles. The zero-order valence-corrected chi connectivity index (χ0v) is 21.3. The third-order valence-corrected chi connectivity index (χ3v) is 7.09. The Kier molecular flexibility index (Phi) is 8.02. The van der Waals surface area contributed by atoms with E-state index in [4.69, 9.17) is 0 Å². The van der Waals surface area contributed by atoms with Gasteiger partial charge in [-0.2, -0.15) is 13.2 Å². The van der Waals surface area contributed by atoms with Gasteiger partial charge < -0.3 is 4.90 Å². The first-order valence-corrected chi connectivity index (χ1v) is 12.5. The molecule has 1 amide bonds. The van der Waals surface area contributed by atoms with Gasteiger partial charge in [-0.15, -0.1) is 0 Å². The summed E-state index contributed by atoms with van der Waals surface area (Å²) in [6.45, 7) is 8.19. The summed E-state index contributed by atoms with van der Waals surface area (Å²) in [4.78, 5) is 17.5. The minimum atomic E-state index is -4.37. The number of aryl methyl sites for hydroxylation is 1. The van der Waals surface area contributed by atoms with Crippen molar-refractivity contribution in [3.63, 3.8) is 0 Å². The molecular formula is C30H32F4N2O. The van der Waals surface area contributed by atoms with Crippen molar-refractivity contribution >= 4 is 5.91 Å². The molecule has 7 heteroatoms. The van der Waals surface area contributed by atoms with Gasteiger partial charge in [0.25, 0.3) is 5.91 Å². The summed E-state index contributed by atoms with van der Waals surface area (Å²) in [5, 5.41) is 0. The quantitative estimate of drug-likeness (QED) is 0.321. The number of hydrogen-bond acceptors (Lipinski definition) is 2. The molecule has 0 radical (unpaired) electrons. The molecule has 37 heavy (non-hydrogen) atoms. The molecule has 4 rings (SSSR count). The normalized spacial score (nSPS) is 18.4. The zero-order valence-electron chi connectivity index (χ0n) is 21.3. The van der Waals surface area contributed by atoms with Crippen molar-refractivity contribution in [2.45, 2.75) is 45.5 Å². The Morgan fingerprint density at radius 3 is 2.27 bits per heavy atom. The highest BCUT2D eigenvalue weighted by Gasteiger charge is 2.37. The Morgan fingerprint density at radius 1 is 1.00 bits per heavy atom. The van der Waals surface area contributed by atoms with Crippen LogP contribution >= 0.6 is 0 Å². The fourth-order valence-corrected chi connectivity index (χ4v) is 5.09. The average Bonchev–Trinajstić information content (AvgIpc) is 3.24. The highest BCUT2D eigenvalue weighted by molar-refractivity contribution is 5.94. The van der Waals surface area contributed by atoms with Crippen molar-refractivity contribution in [3.05, 3.63) is 106 Å². The number of hydrogen-bond donors (Lipinski definition) is 0. The van der Waals surface area contributed by atoms with Gasteiger partial charge in [-0.3, -0.25) is 9.69 Å². The van der Waals surface area contributed by atoms with E-state index in [1.807, 2.05) is 56.0 Å². The van der Waals surface area contributed by atoms with Gasteiger partial charge in [0, 0.05) is 43.7 Å². The monoisotopic (exact) mass is 512 g/mol. The van der Waals surface area contributed by atoms with E-state index in [0.29, 0.717) is 31.7 Å². The highest BCUT2D eigenvalue weighted by Crippen LogP contribution is 2.35. The van der Waals surface area contributed by atoms with Gasteiger partial charge >= 0.3 is 6.18 Å². The molecule has 196 valence electrons. The molecule has 1 aliphatic rings. The summed E-state index contributed by atoms with van der Waals surface area (Å²) in [6, 6.07) is 19.3. The lowest BCUT2D eigenvalue weighted by Crippen LogP contribution is -2.42. The fourth-order valence-electron chi connectivity index (χ4n) is 5.09. The van der Waals surface area contributed by atoms with Crippen LogP contribution in [0.2, 0.25) is 0 Å². The van der Waals surface area contributed by atoms with Crippen molar-refractivity contribution in [2.24, 2.45) is 5.92 Å². The SMILES string of the molecule is Cc1ccc(C(=O)N(C[C@@H]2CN(Cc3ccc(C(F)(F)F)cc3)C[C@H]2c2cccc(F)c2)C(C)C)cc1. The van der Waals surface area contributed by atoms with Gasteiger partial charge in [-0.25, -0.2) is 4.39 Å². The molecule has 0 N–H and O–H groups in total. The molecule has 3 aromatic rings. The Morgan fingerprint density at radius 2 is 1.68 bits per heavy atom. The van der Waals surface area contributed by atoms with E-state index in [0.717, 1.165) is 28.8 Å². The van der Waals surface area contributed by atoms with Crippen LogP contribution in [0.4, 0.5) is 17.6 Å². The van der Waals surface area contributed by atoms with Crippen molar-refractivity contribution in [1.29, 1.82) is 0 Å². The number of alkyl halides is 3. The predicted octanol–water partition coefficient (Wildman–Crippen LogP) is 6.92. The molecule has 0 aromatic heterocycles. The van der Waals surface area contributed by atoms with Crippen LogP contribution in [0.1, 0.15) is 52.4 Å². The van der Waals surface area contributed by atoms with Crippen LogP contribution in [0.15, 0.2) is 72.8 Å². The number of likely N-dealkylation sites (tertiary alicyclic amines) is 1. The number of nitrogens with zero attached hydrogens (tertiary/aromatic N) is 2. The summed E-state index contributed by atoms with van der Waals surface area (Å²) in [7, 11) is 0. The lowest BCUT2D eigenvalue weighted by molar-refractivity contribution is -0.137. The van der Waals surface area contributed by atoms with Crippen molar-refractivity contribution in [1.82, 2.24) is 9.80 Å². The second-order valence-corrected chi connectivity index (χ2v) is 10.2. The van der Waals surface area contributed by atoms with Gasteiger partial charge in [0.2, 0.25) is 0 Å². The zero-order chi connectivity index (χ0) is 26.7. The molecule has 3 nitrogen and oxygen atoms in total. The van der Waals surface area contributed by atoms with E-state index >= 15 is 0 Å². The van der Waals surface area contributed by atoms with E-state index in [1.54, 1.807) is 12.1 Å². The largest absolute Gasteiger partial charge is 0.416 e. The van der Waals surface area contributed by atoms with E-state index in [2.05, 4.69) is 4.90 Å². The Balaban J connectivity index is 1.56. The molecule has 0 aliphatic carbocycles. The summed E-state index contributed by atoms with van der Waals surface area (Å²) >= 11 is 0. The Bertz CT molecular complexity index is 1210. The van der Waals surface area contributed by atoms with Crippen LogP contribution in [-0.2, 0) is 12.7 Å². The second-order valence-electron chi connectivity index (χ2n) is 10.2. The Labute approximate surface area is 215 Å². The molecule has 1 heterocycles. The number of halogens is 4. The van der Waals surface area contributed by atoms with Gasteiger partial charge in [-0.1, -0.05) is 42.0 Å². The van der Waals surface area contributed by atoms with Crippen molar-refractivity contribution < 1.29 is 22.4 Å². The third kappa shape index (κ3) is 6.58. The van der Waals surface area contributed by atoms with E-state index < -0.39 is 11.7 Å². The number of amides is 1. The lowest BCUT2D eigenvalue weighted by atomic mass is 9.88. The maximum atomic E-state index is 14.1. The molecule has 0 bridgehead atoms. The maximum absolute atomic E-state index is 14.1. The van der Waals surface area contributed by atoms with E-state index in [1.165, 1.54) is 18.2 Å². The molecule has 0 spiro atoms. The average molecular weight is 513 g/mol. The minimum absolute atomic E-state index is 0.0165. The second kappa shape index (κ2) is 11.1. The van der Waals surface area contributed by atoms with Crippen LogP contribution in [-0.4, -0.2) is 41.4 Å². The summed E-state index contributed by atoms with van der Waals surface area (Å²) in [6.07, 6.45) is -4.37. The van der Waals surface area contributed by atoms with Crippen LogP contribution in [0.25, 0.3) is 0 Å². The number of benzene rings is 3. The first-order chi connectivity index (χ1) is 17.5. The van der Waals surface area contributed by atoms with Crippen molar-refractivity contribution in [3.8, 4) is 0 Å². The van der Waals surface area contributed by atoms with Gasteiger partial charge in [0.15, 0.2) is 0 Å². The number of carbonyl (C=O) groups is 1. The lowest BCUT2D eigenvalue weighted by Gasteiger charge is -2.32. The number of rotatable bonds is 7. The van der Waals surface area contributed by atoms with Crippen LogP contribution in [0.5, 0.6) is 0 Å². The highest BCUT2D eigenvalue weighted by atomic mass is 19.4. The third-order valence-electron chi connectivity index (χ3n) is 7.09. The summed E-state index contributed by atoms with van der Waals surface area (Å²) in [5.74, 6) is -0.340. The number of carbonyl (C=O) groups excluding carboxylic acids is 1. The van der Waals surface area contributed by atoms with E-state index in [-0.39, 0.29) is 29.6 Å². The smallest absolute Gasteiger partial charge is 0.336 e. The summed E-state index contributed by atoms with van der Waals surface area (Å²) in [5.41, 5.74) is 2.68. The fraction of sp³-hybridized carbons (Fsp3) is 0.367. The first-order valence-electron chi connectivity index (χ1n) is 12.5. The molecule has 3 aromatic carbocycles. The van der Waals surface area contributed by atoms with Crippen LogP contribution in [0.3, 0.4) is 0 Å². The topological polar surface area (TPSA) is 23.6 Å². The molecule has 1 aliphatic heterocycles. The maximum Gasteiger partial charge on any atom is 0.416 e. The van der Waals surface area contributed by atoms with Gasteiger partial charge in [-0.05, 0) is 74.2 Å². The van der Waals surface area contributed by atoms with Gasteiger partial charge in [0.05, 0.1) is 5.56 Å². The molecule has 0 saturated carbocycles. The van der Waals surface area contributed by atoms with Crippen LogP contribution < -0.4 is 0 Å². The Hall–Kier alpha value is -3.19. The van der Waals surface area contributed by atoms with Gasteiger partial charge in [0.1, 0.15) is 5.82 Å². The molecule has 0 unspecified atom stereocenters. The van der Waals surface area contributed by atoms with E-state index in [9.17, 15) is 22.4 Å².